The van der Waals surface area contributed by atoms with Crippen molar-refractivity contribution in [3.63, 3.8) is 0 Å². The zero-order chi connectivity index (χ0) is 20.7. The Bertz CT molecular complexity index is 1050. The Morgan fingerprint density at radius 3 is 2.31 bits per heavy atom. The van der Waals surface area contributed by atoms with Crippen molar-refractivity contribution in [1.82, 2.24) is 4.72 Å². The predicted molar refractivity (Wildman–Crippen MR) is 108 cm³/mol. The average Bonchev–Trinajstić information content (AvgIpc) is 2.73. The molecule has 0 aliphatic rings. The maximum absolute atomic E-state index is 12.3. The highest BCUT2D eigenvalue weighted by molar-refractivity contribution is 7.85. The van der Waals surface area contributed by atoms with Crippen LogP contribution in [0.5, 0.6) is 23.0 Å². The molecule has 0 heterocycles. The summed E-state index contributed by atoms with van der Waals surface area (Å²) in [6.07, 6.45) is 0. The van der Waals surface area contributed by atoms with E-state index in [4.69, 9.17) is 13.7 Å². The van der Waals surface area contributed by atoms with Gasteiger partial charge in [0.1, 0.15) is 6.61 Å². The van der Waals surface area contributed by atoms with Crippen molar-refractivity contribution < 1.29 is 27.2 Å². The Balaban J connectivity index is 1.73. The zero-order valence-corrected chi connectivity index (χ0v) is 16.6. The maximum atomic E-state index is 12.3. The first kappa shape index (κ1) is 20.5. The number of nitrogens with one attached hydrogen (secondary N) is 1. The Kier molecular flexibility index (Phi) is 6.58. The second kappa shape index (κ2) is 9.31. The number of methoxy groups -OCH3 is 1. The second-order valence-electron chi connectivity index (χ2n) is 6.05. The third-order valence-corrected chi connectivity index (χ3v) is 4.91. The van der Waals surface area contributed by atoms with Crippen LogP contribution < -0.4 is 18.4 Å². The fraction of sp³-hybridized carbons (Fsp3) is 0.143. The number of rotatable bonds is 9. The highest BCUT2D eigenvalue weighted by atomic mass is 32.2. The number of hydrogen-bond donors (Lipinski definition) is 2. The molecule has 0 atom stereocenters. The quantitative estimate of drug-likeness (QED) is 0.556. The molecule has 8 heteroatoms. The molecule has 0 bridgehead atoms. The van der Waals surface area contributed by atoms with E-state index in [0.29, 0.717) is 23.7 Å². The molecule has 152 valence electrons. The van der Waals surface area contributed by atoms with Crippen molar-refractivity contribution in [2.75, 3.05) is 7.11 Å². The SMILES string of the molecule is COc1cccc(CNS(=O)(=O)Oc2ccccc2O)c1OCc1ccccc1. The molecule has 0 saturated heterocycles. The van der Waals surface area contributed by atoms with Crippen LogP contribution in [0, 0.1) is 0 Å². The average molecular weight is 415 g/mol. The van der Waals surface area contributed by atoms with Crippen molar-refractivity contribution in [3.05, 3.63) is 83.9 Å². The van der Waals surface area contributed by atoms with Crippen molar-refractivity contribution in [3.8, 4) is 23.0 Å². The first-order valence-corrected chi connectivity index (χ1v) is 10.2. The molecule has 29 heavy (non-hydrogen) atoms. The highest BCUT2D eigenvalue weighted by Gasteiger charge is 2.17. The van der Waals surface area contributed by atoms with Gasteiger partial charge in [-0.05, 0) is 23.8 Å². The van der Waals surface area contributed by atoms with E-state index in [1.807, 2.05) is 30.3 Å². The summed E-state index contributed by atoms with van der Waals surface area (Å²) < 4.78 is 43.0. The molecule has 0 unspecified atom stereocenters. The van der Waals surface area contributed by atoms with Gasteiger partial charge in [0, 0.05) is 12.1 Å². The van der Waals surface area contributed by atoms with Crippen LogP contribution in [-0.2, 0) is 23.5 Å². The van der Waals surface area contributed by atoms with Crippen molar-refractivity contribution in [2.24, 2.45) is 0 Å². The zero-order valence-electron chi connectivity index (χ0n) is 15.7. The van der Waals surface area contributed by atoms with Gasteiger partial charge in [0.25, 0.3) is 0 Å². The minimum absolute atomic E-state index is 0.0861. The van der Waals surface area contributed by atoms with E-state index in [1.54, 1.807) is 30.3 Å². The maximum Gasteiger partial charge on any atom is 0.383 e. The van der Waals surface area contributed by atoms with E-state index in [0.717, 1.165) is 5.56 Å². The van der Waals surface area contributed by atoms with E-state index in [9.17, 15) is 13.5 Å². The van der Waals surface area contributed by atoms with Crippen LogP contribution in [-0.4, -0.2) is 20.6 Å². The molecule has 0 saturated carbocycles. The lowest BCUT2D eigenvalue weighted by Crippen LogP contribution is -2.28. The van der Waals surface area contributed by atoms with Crippen molar-refractivity contribution in [2.45, 2.75) is 13.2 Å². The first-order valence-electron chi connectivity index (χ1n) is 8.78. The molecular formula is C21H21NO6S. The van der Waals surface area contributed by atoms with Gasteiger partial charge >= 0.3 is 10.3 Å². The molecule has 7 nitrogen and oxygen atoms in total. The summed E-state index contributed by atoms with van der Waals surface area (Å²) in [4.78, 5) is 0. The summed E-state index contributed by atoms with van der Waals surface area (Å²) in [5.74, 6) is 0.487. The smallest absolute Gasteiger partial charge is 0.383 e. The van der Waals surface area contributed by atoms with Crippen LogP contribution in [0.4, 0.5) is 0 Å². The van der Waals surface area contributed by atoms with Gasteiger partial charge in [-0.1, -0.05) is 54.6 Å². The number of ether oxygens (including phenoxy) is 2. The van der Waals surface area contributed by atoms with Crippen LogP contribution in [0.25, 0.3) is 0 Å². The number of para-hydroxylation sites is 3. The Morgan fingerprint density at radius 1 is 0.897 bits per heavy atom. The molecular weight excluding hydrogens is 394 g/mol. The van der Waals surface area contributed by atoms with Crippen LogP contribution in [0.2, 0.25) is 0 Å². The number of phenolic OH excluding ortho intramolecular Hbond substituents is 1. The lowest BCUT2D eigenvalue weighted by atomic mass is 10.2. The summed E-state index contributed by atoms with van der Waals surface area (Å²) in [5, 5.41) is 9.70. The fourth-order valence-corrected chi connectivity index (χ4v) is 3.36. The van der Waals surface area contributed by atoms with E-state index < -0.39 is 10.3 Å². The topological polar surface area (TPSA) is 94.1 Å². The fourth-order valence-electron chi connectivity index (χ4n) is 2.60. The molecule has 3 aromatic carbocycles. The van der Waals surface area contributed by atoms with E-state index in [1.165, 1.54) is 19.2 Å². The van der Waals surface area contributed by atoms with Gasteiger partial charge in [0.05, 0.1) is 7.11 Å². The molecule has 3 aromatic rings. The standard InChI is InChI=1S/C21H21NO6S/c1-26-20-13-7-10-17(21(20)27-15-16-8-3-2-4-9-16)14-22-29(24,25)28-19-12-6-5-11-18(19)23/h2-13,22-23H,14-15H2,1H3. The summed E-state index contributed by atoms with van der Waals surface area (Å²) >= 11 is 0. The number of phenols is 1. The largest absolute Gasteiger partial charge is 0.504 e. The van der Waals surface area contributed by atoms with Gasteiger partial charge in [-0.25, -0.2) is 0 Å². The van der Waals surface area contributed by atoms with E-state index in [2.05, 4.69) is 4.72 Å². The van der Waals surface area contributed by atoms with Crippen molar-refractivity contribution >= 4 is 10.3 Å². The summed E-state index contributed by atoms with van der Waals surface area (Å²) in [6, 6.07) is 20.6. The monoisotopic (exact) mass is 415 g/mol. The normalized spacial score (nSPS) is 11.1. The molecule has 3 rings (SSSR count). The van der Waals surface area contributed by atoms with Crippen LogP contribution in [0.3, 0.4) is 0 Å². The Morgan fingerprint density at radius 2 is 1.59 bits per heavy atom. The number of benzene rings is 3. The number of hydrogen-bond acceptors (Lipinski definition) is 6. The van der Waals surface area contributed by atoms with Crippen molar-refractivity contribution in [1.29, 1.82) is 0 Å². The van der Waals surface area contributed by atoms with Crippen LogP contribution in [0.1, 0.15) is 11.1 Å². The molecule has 0 amide bonds. The molecule has 0 aromatic heterocycles. The molecule has 0 fully saturated rings. The van der Waals surface area contributed by atoms with Gasteiger partial charge in [-0.3, -0.25) is 0 Å². The lowest BCUT2D eigenvalue weighted by molar-refractivity contribution is 0.281. The van der Waals surface area contributed by atoms with Gasteiger partial charge < -0.3 is 18.8 Å². The van der Waals surface area contributed by atoms with E-state index >= 15 is 0 Å². The summed E-state index contributed by atoms with van der Waals surface area (Å²) in [6.45, 7) is 0.215. The third kappa shape index (κ3) is 5.63. The summed E-state index contributed by atoms with van der Waals surface area (Å²) in [7, 11) is -2.65. The second-order valence-corrected chi connectivity index (χ2v) is 7.41. The van der Waals surface area contributed by atoms with E-state index in [-0.39, 0.29) is 18.0 Å². The molecule has 0 radical (unpaired) electrons. The predicted octanol–water partition coefficient (Wildman–Crippen LogP) is 3.39. The molecule has 0 aliphatic heterocycles. The Hall–Kier alpha value is -3.23. The first-order chi connectivity index (χ1) is 14.0. The lowest BCUT2D eigenvalue weighted by Gasteiger charge is -2.16. The van der Waals surface area contributed by atoms with Crippen LogP contribution in [0.15, 0.2) is 72.8 Å². The Labute approximate surface area is 169 Å². The molecule has 0 spiro atoms. The minimum atomic E-state index is -4.17. The molecule has 2 N–H and O–H groups in total. The summed E-state index contributed by atoms with van der Waals surface area (Å²) in [5.41, 5.74) is 1.54. The van der Waals surface area contributed by atoms with Gasteiger partial charge in [0.2, 0.25) is 0 Å². The number of aromatic hydroxyl groups is 1. The minimum Gasteiger partial charge on any atom is -0.504 e. The third-order valence-electron chi connectivity index (χ3n) is 4.01. The van der Waals surface area contributed by atoms with Gasteiger partial charge in [-0.15, -0.1) is 0 Å². The highest BCUT2D eigenvalue weighted by Crippen LogP contribution is 2.32. The van der Waals surface area contributed by atoms with Gasteiger partial charge in [-0.2, -0.15) is 13.1 Å². The van der Waals surface area contributed by atoms with Crippen LogP contribution >= 0.6 is 0 Å². The molecule has 0 aliphatic carbocycles. The van der Waals surface area contributed by atoms with Gasteiger partial charge in [0.15, 0.2) is 23.0 Å².